The van der Waals surface area contributed by atoms with Crippen LogP contribution in [-0.4, -0.2) is 24.0 Å². The zero-order chi connectivity index (χ0) is 14.1. The molecule has 1 aromatic carbocycles. The Morgan fingerprint density at radius 2 is 2.15 bits per heavy atom. The molecule has 0 bridgehead atoms. The van der Waals surface area contributed by atoms with Gasteiger partial charge >= 0.3 is 0 Å². The van der Waals surface area contributed by atoms with E-state index >= 15 is 0 Å². The Labute approximate surface area is 125 Å². The molecule has 3 rings (SSSR count). The van der Waals surface area contributed by atoms with Crippen LogP contribution >= 0.6 is 11.3 Å². The molecule has 1 saturated heterocycles. The molecule has 1 aromatic heterocycles. The number of hydrogen-bond donors (Lipinski definition) is 1. The molecule has 0 saturated carbocycles. The fraction of sp³-hybridized carbons (Fsp3) is 0.529. The molecule has 0 aliphatic carbocycles. The fourth-order valence-electron chi connectivity index (χ4n) is 3.59. The Kier molecular flexibility index (Phi) is 4.11. The first kappa shape index (κ1) is 14.1. The number of piperidine rings is 1. The van der Waals surface area contributed by atoms with E-state index < -0.39 is 0 Å². The van der Waals surface area contributed by atoms with Crippen molar-refractivity contribution in [1.29, 1.82) is 0 Å². The lowest BCUT2D eigenvalue weighted by molar-refractivity contribution is 0.0855. The summed E-state index contributed by atoms with van der Waals surface area (Å²) < 4.78 is 1.37. The summed E-state index contributed by atoms with van der Waals surface area (Å²) in [5.41, 5.74) is 7.57. The Balaban J connectivity index is 1.93. The Morgan fingerprint density at radius 1 is 1.35 bits per heavy atom. The zero-order valence-corrected chi connectivity index (χ0v) is 13.2. The number of thiophene rings is 1. The van der Waals surface area contributed by atoms with Gasteiger partial charge in [-0.05, 0) is 54.6 Å². The first-order valence-corrected chi connectivity index (χ1v) is 8.50. The van der Waals surface area contributed by atoms with Gasteiger partial charge in [0.05, 0.1) is 0 Å². The average molecular weight is 288 g/mol. The van der Waals surface area contributed by atoms with Gasteiger partial charge in [0.1, 0.15) is 0 Å². The van der Waals surface area contributed by atoms with E-state index in [4.69, 9.17) is 5.73 Å². The second-order valence-corrected chi connectivity index (χ2v) is 7.07. The highest BCUT2D eigenvalue weighted by molar-refractivity contribution is 7.17. The molecule has 0 amide bonds. The first-order valence-electron chi connectivity index (χ1n) is 7.62. The van der Waals surface area contributed by atoms with Gasteiger partial charge in [-0.2, -0.15) is 0 Å². The fourth-order valence-corrected chi connectivity index (χ4v) is 4.59. The van der Waals surface area contributed by atoms with E-state index in [0.717, 1.165) is 5.92 Å². The molecule has 0 spiro atoms. The second-order valence-electron chi connectivity index (χ2n) is 6.16. The summed E-state index contributed by atoms with van der Waals surface area (Å²) in [5.74, 6) is 0.846. The van der Waals surface area contributed by atoms with E-state index in [1.54, 1.807) is 0 Å². The summed E-state index contributed by atoms with van der Waals surface area (Å²) >= 11 is 1.84. The number of likely N-dealkylation sites (tertiary alicyclic amines) is 1. The molecule has 2 aromatic rings. The first-order chi connectivity index (χ1) is 9.70. The van der Waals surface area contributed by atoms with Gasteiger partial charge in [-0.15, -0.1) is 11.3 Å². The minimum Gasteiger partial charge on any atom is -0.329 e. The average Bonchev–Trinajstić information content (AvgIpc) is 2.86. The molecule has 3 heteroatoms. The molecule has 0 radical (unpaired) electrons. The van der Waals surface area contributed by atoms with E-state index in [-0.39, 0.29) is 0 Å². The van der Waals surface area contributed by atoms with E-state index in [9.17, 15) is 0 Å². The highest BCUT2D eigenvalue weighted by Gasteiger charge is 2.30. The third-order valence-corrected chi connectivity index (χ3v) is 5.66. The maximum atomic E-state index is 6.15. The lowest BCUT2D eigenvalue weighted by Gasteiger charge is -2.41. The third-order valence-electron chi connectivity index (χ3n) is 4.68. The van der Waals surface area contributed by atoms with Crippen LogP contribution in [0.25, 0.3) is 10.1 Å². The van der Waals surface area contributed by atoms with Crippen LogP contribution < -0.4 is 5.73 Å². The number of nitrogens with two attached hydrogens (primary N) is 1. The van der Waals surface area contributed by atoms with Crippen LogP contribution in [0.4, 0.5) is 0 Å². The van der Waals surface area contributed by atoms with Gasteiger partial charge in [0.25, 0.3) is 0 Å². The quantitative estimate of drug-likeness (QED) is 0.924. The summed E-state index contributed by atoms with van der Waals surface area (Å²) in [6, 6.07) is 9.69. The van der Waals surface area contributed by atoms with Gasteiger partial charge in [-0.25, -0.2) is 0 Å². The van der Waals surface area contributed by atoms with Crippen LogP contribution in [0.3, 0.4) is 0 Å². The minimum absolute atomic E-state index is 0.369. The van der Waals surface area contributed by atoms with E-state index in [1.807, 2.05) is 11.3 Å². The van der Waals surface area contributed by atoms with Gasteiger partial charge in [0, 0.05) is 23.3 Å². The molecule has 2 heterocycles. The molecule has 2 nitrogen and oxygen atoms in total. The highest BCUT2D eigenvalue weighted by Crippen LogP contribution is 2.36. The number of rotatable bonds is 3. The van der Waals surface area contributed by atoms with Crippen LogP contribution in [0.2, 0.25) is 0 Å². The topological polar surface area (TPSA) is 29.3 Å². The van der Waals surface area contributed by atoms with Crippen molar-refractivity contribution in [3.05, 3.63) is 35.2 Å². The number of hydrogen-bond acceptors (Lipinski definition) is 3. The van der Waals surface area contributed by atoms with Gasteiger partial charge < -0.3 is 5.73 Å². The second kappa shape index (κ2) is 5.84. The summed E-state index contributed by atoms with van der Waals surface area (Å²) in [5, 5.41) is 3.70. The smallest absolute Gasteiger partial charge is 0.0487 e. The van der Waals surface area contributed by atoms with Crippen molar-refractivity contribution < 1.29 is 0 Å². The van der Waals surface area contributed by atoms with Crippen LogP contribution in [0.5, 0.6) is 0 Å². The molecule has 3 unspecified atom stereocenters. The molecule has 1 aliphatic rings. The molecule has 1 aliphatic heterocycles. The lowest BCUT2D eigenvalue weighted by atomic mass is 9.90. The van der Waals surface area contributed by atoms with Gasteiger partial charge in [-0.1, -0.05) is 25.1 Å². The molecule has 2 N–H and O–H groups in total. The SMILES string of the molecule is CC1CCN(C(CN)c2csc3ccccc23)C(C)C1. The van der Waals surface area contributed by atoms with E-state index in [0.29, 0.717) is 18.6 Å². The van der Waals surface area contributed by atoms with E-state index in [1.165, 1.54) is 35.0 Å². The molecule has 3 atom stereocenters. The van der Waals surface area contributed by atoms with Crippen LogP contribution in [0.1, 0.15) is 38.3 Å². The summed E-state index contributed by atoms with van der Waals surface area (Å²) in [6.07, 6.45) is 2.58. The normalized spacial score (nSPS) is 25.9. The summed E-state index contributed by atoms with van der Waals surface area (Å²) in [7, 11) is 0. The molecular weight excluding hydrogens is 264 g/mol. The summed E-state index contributed by atoms with van der Waals surface area (Å²) in [6.45, 7) is 6.60. The van der Waals surface area contributed by atoms with Crippen molar-refractivity contribution in [3.63, 3.8) is 0 Å². The number of benzene rings is 1. The third kappa shape index (κ3) is 2.50. The van der Waals surface area contributed by atoms with Crippen LogP contribution in [0.15, 0.2) is 29.6 Å². The van der Waals surface area contributed by atoms with Gasteiger partial charge in [-0.3, -0.25) is 4.90 Å². The zero-order valence-electron chi connectivity index (χ0n) is 12.4. The highest BCUT2D eigenvalue weighted by atomic mass is 32.1. The molecular formula is C17H24N2S. The predicted octanol–water partition coefficient (Wildman–Crippen LogP) is 4.02. The van der Waals surface area contributed by atoms with Crippen molar-refractivity contribution in [2.24, 2.45) is 11.7 Å². The Hall–Kier alpha value is -0.900. The standard InChI is InChI=1S/C17H24N2S/c1-12-7-8-19(13(2)9-12)16(10-18)15-11-20-17-6-4-3-5-14(15)17/h3-6,11-13,16H,7-10,18H2,1-2H3. The van der Waals surface area contributed by atoms with Crippen molar-refractivity contribution in [3.8, 4) is 0 Å². The van der Waals surface area contributed by atoms with Crippen molar-refractivity contribution in [2.45, 2.75) is 38.8 Å². The van der Waals surface area contributed by atoms with Crippen LogP contribution in [-0.2, 0) is 0 Å². The maximum absolute atomic E-state index is 6.15. The number of fused-ring (bicyclic) bond motifs is 1. The van der Waals surface area contributed by atoms with Gasteiger partial charge in [0.15, 0.2) is 0 Å². The Bertz CT molecular complexity index is 577. The van der Waals surface area contributed by atoms with Crippen molar-refractivity contribution in [2.75, 3.05) is 13.1 Å². The monoisotopic (exact) mass is 288 g/mol. The number of nitrogens with zero attached hydrogens (tertiary/aromatic N) is 1. The minimum atomic E-state index is 0.369. The van der Waals surface area contributed by atoms with Crippen molar-refractivity contribution >= 4 is 21.4 Å². The van der Waals surface area contributed by atoms with Gasteiger partial charge in [0.2, 0.25) is 0 Å². The van der Waals surface area contributed by atoms with Crippen LogP contribution in [0, 0.1) is 5.92 Å². The lowest BCUT2D eigenvalue weighted by Crippen LogP contribution is -2.44. The molecule has 108 valence electrons. The molecule has 1 fully saturated rings. The molecule has 20 heavy (non-hydrogen) atoms. The largest absolute Gasteiger partial charge is 0.329 e. The van der Waals surface area contributed by atoms with E-state index in [2.05, 4.69) is 48.4 Å². The maximum Gasteiger partial charge on any atom is 0.0487 e. The summed E-state index contributed by atoms with van der Waals surface area (Å²) in [4.78, 5) is 2.62. The predicted molar refractivity (Wildman–Crippen MR) is 88.2 cm³/mol. The van der Waals surface area contributed by atoms with Crippen molar-refractivity contribution in [1.82, 2.24) is 4.90 Å². The Morgan fingerprint density at radius 3 is 2.90 bits per heavy atom.